The van der Waals surface area contributed by atoms with Crippen LogP contribution in [0, 0.1) is 11.3 Å². The van der Waals surface area contributed by atoms with Crippen LogP contribution in [0.2, 0.25) is 0 Å². The van der Waals surface area contributed by atoms with Crippen molar-refractivity contribution in [1.29, 1.82) is 5.26 Å². The summed E-state index contributed by atoms with van der Waals surface area (Å²) in [4.78, 5) is 11.4. The highest BCUT2D eigenvalue weighted by Crippen LogP contribution is 2.25. The van der Waals surface area contributed by atoms with Crippen LogP contribution >= 0.6 is 0 Å². The maximum absolute atomic E-state index is 11.4. The number of phenolic OH excluding ortho intramolecular Hbond substituents is 1. The second-order valence-electron chi connectivity index (χ2n) is 3.54. The average Bonchev–Trinajstić information content (AvgIpc) is 2.31. The van der Waals surface area contributed by atoms with Crippen LogP contribution in [-0.4, -0.2) is 17.7 Å². The molecule has 4 nitrogen and oxygen atoms in total. The van der Waals surface area contributed by atoms with Crippen molar-refractivity contribution in [1.82, 2.24) is 0 Å². The van der Waals surface area contributed by atoms with E-state index in [1.165, 1.54) is 6.07 Å². The van der Waals surface area contributed by atoms with Crippen LogP contribution in [-0.2, 0) is 22.4 Å². The second-order valence-corrected chi connectivity index (χ2v) is 3.54. The van der Waals surface area contributed by atoms with Gasteiger partial charge >= 0.3 is 5.97 Å². The van der Waals surface area contributed by atoms with E-state index in [1.54, 1.807) is 13.0 Å². The summed E-state index contributed by atoms with van der Waals surface area (Å²) >= 11 is 0. The Hall–Kier alpha value is -2.02. The van der Waals surface area contributed by atoms with Gasteiger partial charge in [0.05, 0.1) is 24.7 Å². The van der Waals surface area contributed by atoms with Crippen LogP contribution in [0.4, 0.5) is 0 Å². The third kappa shape index (κ3) is 2.97. The molecule has 17 heavy (non-hydrogen) atoms. The Balaban J connectivity index is 3.09. The molecule has 0 amide bonds. The minimum absolute atomic E-state index is 0.0595. The third-order valence-electron chi connectivity index (χ3n) is 2.48. The molecular weight excluding hydrogens is 218 g/mol. The fourth-order valence-electron chi connectivity index (χ4n) is 1.70. The molecule has 1 N–H and O–H groups in total. The lowest BCUT2D eigenvalue weighted by atomic mass is 9.97. The minimum Gasteiger partial charge on any atom is -0.508 e. The predicted molar refractivity (Wildman–Crippen MR) is 62.5 cm³/mol. The van der Waals surface area contributed by atoms with Crippen LogP contribution in [0.1, 0.15) is 30.5 Å². The van der Waals surface area contributed by atoms with Crippen LogP contribution in [0.3, 0.4) is 0 Å². The first-order chi connectivity index (χ1) is 8.13. The lowest BCUT2D eigenvalue weighted by Crippen LogP contribution is -2.09. The largest absolute Gasteiger partial charge is 0.508 e. The van der Waals surface area contributed by atoms with Crippen LogP contribution < -0.4 is 0 Å². The summed E-state index contributed by atoms with van der Waals surface area (Å²) in [6.45, 7) is 3.90. The van der Waals surface area contributed by atoms with Crippen molar-refractivity contribution >= 4 is 5.97 Å². The molecule has 1 rings (SSSR count). The van der Waals surface area contributed by atoms with Gasteiger partial charge in [0.1, 0.15) is 5.75 Å². The summed E-state index contributed by atoms with van der Waals surface area (Å²) in [6.07, 6.45) is 0.607. The zero-order valence-electron chi connectivity index (χ0n) is 9.99. The molecule has 0 saturated heterocycles. The molecule has 4 heteroatoms. The molecule has 0 fully saturated rings. The summed E-state index contributed by atoms with van der Waals surface area (Å²) in [6, 6.07) is 5.13. The Kier molecular flexibility index (Phi) is 4.53. The van der Waals surface area contributed by atoms with E-state index in [4.69, 9.17) is 10.00 Å². The smallest absolute Gasteiger partial charge is 0.310 e. The number of benzene rings is 1. The maximum Gasteiger partial charge on any atom is 0.310 e. The first-order valence-corrected chi connectivity index (χ1v) is 5.53. The summed E-state index contributed by atoms with van der Waals surface area (Å²) in [5, 5.41) is 18.7. The highest BCUT2D eigenvalue weighted by Gasteiger charge is 2.14. The van der Waals surface area contributed by atoms with Gasteiger partial charge in [-0.25, -0.2) is 0 Å². The van der Waals surface area contributed by atoms with Crippen molar-refractivity contribution in [2.24, 2.45) is 0 Å². The van der Waals surface area contributed by atoms with E-state index in [0.29, 0.717) is 29.7 Å². The number of hydrogen-bond donors (Lipinski definition) is 1. The fraction of sp³-hybridized carbons (Fsp3) is 0.385. The van der Waals surface area contributed by atoms with Gasteiger partial charge in [-0.3, -0.25) is 4.79 Å². The molecule has 0 saturated carbocycles. The fourth-order valence-corrected chi connectivity index (χ4v) is 1.70. The van der Waals surface area contributed by atoms with Crippen molar-refractivity contribution in [2.75, 3.05) is 6.61 Å². The first-order valence-electron chi connectivity index (χ1n) is 5.53. The molecule has 0 unspecified atom stereocenters. The lowest BCUT2D eigenvalue weighted by molar-refractivity contribution is -0.142. The molecule has 1 aromatic carbocycles. The Morgan fingerprint density at radius 2 is 2.18 bits per heavy atom. The quantitative estimate of drug-likeness (QED) is 0.807. The van der Waals surface area contributed by atoms with Crippen LogP contribution in [0.15, 0.2) is 12.1 Å². The number of nitrogens with zero attached hydrogens (tertiary/aromatic N) is 1. The molecule has 0 atom stereocenters. The first kappa shape index (κ1) is 13.0. The molecule has 1 aromatic rings. The number of carbonyl (C=O) groups excluding carboxylic acids is 1. The van der Waals surface area contributed by atoms with E-state index in [0.717, 1.165) is 0 Å². The van der Waals surface area contributed by atoms with Crippen molar-refractivity contribution in [3.05, 3.63) is 28.8 Å². The van der Waals surface area contributed by atoms with E-state index in [2.05, 4.69) is 0 Å². The molecule has 0 aromatic heterocycles. The minimum atomic E-state index is -0.364. The number of rotatable bonds is 4. The topological polar surface area (TPSA) is 70.3 Å². The summed E-state index contributed by atoms with van der Waals surface area (Å²) in [5.74, 6) is -0.270. The van der Waals surface area contributed by atoms with Gasteiger partial charge in [0.25, 0.3) is 0 Å². The van der Waals surface area contributed by atoms with Crippen molar-refractivity contribution in [3.63, 3.8) is 0 Å². The van der Waals surface area contributed by atoms with Crippen molar-refractivity contribution < 1.29 is 14.6 Å². The van der Waals surface area contributed by atoms with E-state index >= 15 is 0 Å². The Morgan fingerprint density at radius 3 is 2.71 bits per heavy atom. The average molecular weight is 233 g/mol. The SMILES string of the molecule is CCOC(=O)Cc1ccc(O)c(CC)c1C#N. The second kappa shape index (κ2) is 5.90. The van der Waals surface area contributed by atoms with Gasteiger partial charge in [-0.1, -0.05) is 13.0 Å². The molecule has 0 radical (unpaired) electrons. The zero-order chi connectivity index (χ0) is 12.8. The van der Waals surface area contributed by atoms with Gasteiger partial charge in [-0.05, 0) is 25.0 Å². The number of hydrogen-bond acceptors (Lipinski definition) is 4. The van der Waals surface area contributed by atoms with E-state index in [9.17, 15) is 9.90 Å². The monoisotopic (exact) mass is 233 g/mol. The van der Waals surface area contributed by atoms with Gasteiger partial charge < -0.3 is 9.84 Å². The van der Waals surface area contributed by atoms with Crippen LogP contribution in [0.25, 0.3) is 0 Å². The lowest BCUT2D eigenvalue weighted by Gasteiger charge is -2.09. The molecule has 0 spiro atoms. The Bertz CT molecular complexity index is 460. The Labute approximate surface area is 100 Å². The molecule has 0 heterocycles. The van der Waals surface area contributed by atoms with Crippen molar-refractivity contribution in [2.45, 2.75) is 26.7 Å². The van der Waals surface area contributed by atoms with Crippen LogP contribution in [0.5, 0.6) is 5.75 Å². The Morgan fingerprint density at radius 1 is 1.47 bits per heavy atom. The molecule has 0 aliphatic heterocycles. The number of aromatic hydroxyl groups is 1. The number of phenols is 1. The van der Waals surface area contributed by atoms with Gasteiger partial charge in [0.2, 0.25) is 0 Å². The molecule has 90 valence electrons. The molecule has 0 bridgehead atoms. The maximum atomic E-state index is 11.4. The van der Waals surface area contributed by atoms with Gasteiger partial charge in [0, 0.05) is 5.56 Å². The predicted octanol–water partition coefficient (Wildman–Crippen LogP) is 1.93. The van der Waals surface area contributed by atoms with E-state index in [1.807, 2.05) is 13.0 Å². The number of carbonyl (C=O) groups is 1. The molecule has 0 aliphatic rings. The molecular formula is C13H15NO3. The normalized spacial score (nSPS) is 9.71. The number of ether oxygens (including phenoxy) is 1. The van der Waals surface area contributed by atoms with Gasteiger partial charge in [-0.2, -0.15) is 5.26 Å². The summed E-state index contributed by atoms with van der Waals surface area (Å²) in [7, 11) is 0. The van der Waals surface area contributed by atoms with Gasteiger partial charge in [-0.15, -0.1) is 0 Å². The van der Waals surface area contributed by atoms with Gasteiger partial charge in [0.15, 0.2) is 0 Å². The standard InChI is InChI=1S/C13H15NO3/c1-3-10-11(8-14)9(5-6-12(10)15)7-13(16)17-4-2/h5-6,15H,3-4,7H2,1-2H3. The highest BCUT2D eigenvalue weighted by atomic mass is 16.5. The number of nitriles is 1. The number of esters is 1. The van der Waals surface area contributed by atoms with Crippen molar-refractivity contribution in [3.8, 4) is 11.8 Å². The van der Waals surface area contributed by atoms with E-state index in [-0.39, 0.29) is 18.1 Å². The summed E-state index contributed by atoms with van der Waals surface area (Å²) in [5.41, 5.74) is 1.55. The zero-order valence-corrected chi connectivity index (χ0v) is 9.99. The molecule has 0 aliphatic carbocycles. The highest BCUT2D eigenvalue weighted by molar-refractivity contribution is 5.74. The third-order valence-corrected chi connectivity index (χ3v) is 2.48. The summed E-state index contributed by atoms with van der Waals surface area (Å²) < 4.78 is 4.84. The van der Waals surface area contributed by atoms with E-state index < -0.39 is 0 Å².